The number of aromatic nitrogens is 3. The lowest BCUT2D eigenvalue weighted by Crippen LogP contribution is -2.50. The summed E-state index contributed by atoms with van der Waals surface area (Å²) in [6.45, 7) is 15.5. The molecule has 0 amide bonds. The van der Waals surface area contributed by atoms with Crippen LogP contribution in [-0.2, 0) is 25.7 Å². The lowest BCUT2D eigenvalue weighted by Gasteiger charge is -2.41. The van der Waals surface area contributed by atoms with Crippen LogP contribution in [-0.4, -0.2) is 68.8 Å². The number of ether oxygens (including phenoxy) is 5. The average Bonchev–Trinajstić information content (AvgIpc) is 3.36. The summed E-state index contributed by atoms with van der Waals surface area (Å²) in [5, 5.41) is 0.527. The van der Waals surface area contributed by atoms with E-state index in [4.69, 9.17) is 45.3 Å². The van der Waals surface area contributed by atoms with Crippen LogP contribution in [0.4, 0.5) is 0 Å². The molecule has 2 aliphatic heterocycles. The van der Waals surface area contributed by atoms with Gasteiger partial charge in [-0.1, -0.05) is 99.3 Å². The molecule has 1 unspecified atom stereocenters. The Hall–Kier alpha value is -3.02. The molecule has 2 aromatic heterocycles. The van der Waals surface area contributed by atoms with E-state index in [1.807, 2.05) is 65.2 Å². The quantitative estimate of drug-likeness (QED) is 0.100. The van der Waals surface area contributed by atoms with Crippen LogP contribution in [0.5, 0.6) is 6.01 Å². The first-order chi connectivity index (χ1) is 22.4. The third kappa shape index (κ3) is 8.72. The van der Waals surface area contributed by atoms with E-state index in [0.717, 1.165) is 28.3 Å². The summed E-state index contributed by atoms with van der Waals surface area (Å²) >= 11 is 6.88. The molecular weight excluding hydrogens is 646 g/mol. The molecule has 2 aliphatic rings. The van der Waals surface area contributed by atoms with Gasteiger partial charge in [0.2, 0.25) is 0 Å². The van der Waals surface area contributed by atoms with Crippen molar-refractivity contribution in [1.29, 1.82) is 0 Å². The van der Waals surface area contributed by atoms with Gasteiger partial charge in [-0.2, -0.15) is 4.98 Å². The number of imidazole rings is 1. The van der Waals surface area contributed by atoms with E-state index in [2.05, 4.69) is 50.7 Å². The number of benzene rings is 2. The number of hydrogen-bond donors (Lipinski definition) is 0. The number of nitrogens with zero attached hydrogens (tertiary/aromatic N) is 3. The summed E-state index contributed by atoms with van der Waals surface area (Å²) in [4.78, 5) is 9.78. The molecule has 0 N–H and O–H groups in total. The average molecular weight is 690 g/mol. The van der Waals surface area contributed by atoms with Crippen molar-refractivity contribution in [3.05, 3.63) is 76.8 Å². The van der Waals surface area contributed by atoms with Gasteiger partial charge in [-0.05, 0) is 24.2 Å². The molecule has 0 saturated carbocycles. The second kappa shape index (κ2) is 14.2. The van der Waals surface area contributed by atoms with Gasteiger partial charge >= 0.3 is 6.01 Å². The molecule has 0 bridgehead atoms. The molecule has 4 aromatic rings. The van der Waals surface area contributed by atoms with E-state index in [0.29, 0.717) is 48.6 Å². The van der Waals surface area contributed by atoms with Crippen LogP contribution in [0.2, 0.25) is 50.3 Å². The lowest BCUT2D eigenvalue weighted by atomic mass is 10.0. The van der Waals surface area contributed by atoms with E-state index >= 15 is 0 Å². The molecule has 2 saturated heterocycles. The minimum Gasteiger partial charge on any atom is -0.459 e. The van der Waals surface area contributed by atoms with Crippen LogP contribution in [0, 0.1) is 11.5 Å². The van der Waals surface area contributed by atoms with Gasteiger partial charge in [0, 0.05) is 37.8 Å². The van der Waals surface area contributed by atoms with Crippen LogP contribution in [0.1, 0.15) is 23.8 Å². The van der Waals surface area contributed by atoms with E-state index in [1.54, 1.807) is 0 Å². The Morgan fingerprint density at radius 3 is 2.43 bits per heavy atom. The smallest absolute Gasteiger partial charge is 0.301 e. The number of fused-ring (bicyclic) bond motifs is 2. The first kappa shape index (κ1) is 33.9. The van der Waals surface area contributed by atoms with E-state index < -0.39 is 22.4 Å². The summed E-state index contributed by atoms with van der Waals surface area (Å²) in [6, 6.07) is 21.4. The molecule has 4 atom stereocenters. The zero-order valence-electron chi connectivity index (χ0n) is 28.1. The molecule has 2 aromatic carbocycles. The van der Waals surface area contributed by atoms with E-state index in [-0.39, 0.29) is 25.0 Å². The Bertz CT molecular complexity index is 1740. The van der Waals surface area contributed by atoms with Gasteiger partial charge in [-0.3, -0.25) is 4.57 Å². The Kier molecular flexibility index (Phi) is 10.2. The third-order valence-corrected chi connectivity index (χ3v) is 10.9. The zero-order chi connectivity index (χ0) is 33.2. The monoisotopic (exact) mass is 689 g/mol. The van der Waals surface area contributed by atoms with Crippen molar-refractivity contribution in [2.75, 3.05) is 19.8 Å². The molecule has 6 rings (SSSR count). The van der Waals surface area contributed by atoms with Crippen LogP contribution in [0.15, 0.2) is 60.7 Å². The molecule has 2 fully saturated rings. The highest BCUT2D eigenvalue weighted by Crippen LogP contribution is 2.35. The van der Waals surface area contributed by atoms with Gasteiger partial charge in [0.1, 0.15) is 27.0 Å². The Labute approximate surface area is 284 Å². The summed E-state index contributed by atoms with van der Waals surface area (Å²) < 4.78 is 33.1. The predicted octanol–water partition coefficient (Wildman–Crippen LogP) is 7.94. The van der Waals surface area contributed by atoms with Gasteiger partial charge in [0.05, 0.1) is 35.6 Å². The summed E-state index contributed by atoms with van der Waals surface area (Å²) in [5.74, 6) is 3.31. The summed E-state index contributed by atoms with van der Waals surface area (Å²) in [6.07, 6.45) is -0.382. The largest absolute Gasteiger partial charge is 0.459 e. The van der Waals surface area contributed by atoms with Gasteiger partial charge in [0.15, 0.2) is 11.9 Å². The number of pyridine rings is 1. The highest BCUT2D eigenvalue weighted by Gasteiger charge is 2.40. The van der Waals surface area contributed by atoms with Crippen molar-refractivity contribution in [3.63, 3.8) is 0 Å². The van der Waals surface area contributed by atoms with Crippen LogP contribution in [0.3, 0.4) is 0 Å². The topological polar surface area (TPSA) is 76.9 Å². The van der Waals surface area contributed by atoms with Crippen molar-refractivity contribution in [2.45, 2.75) is 83.1 Å². The van der Waals surface area contributed by atoms with Gasteiger partial charge in [-0.25, -0.2) is 4.98 Å². The highest BCUT2D eigenvalue weighted by molar-refractivity contribution is 6.83. The maximum absolute atomic E-state index is 6.88. The first-order valence-corrected chi connectivity index (χ1v) is 23.9. The fraction of sp³-hybridized carbons (Fsp3) is 0.444. The van der Waals surface area contributed by atoms with Crippen LogP contribution in [0.25, 0.3) is 22.4 Å². The van der Waals surface area contributed by atoms with Crippen LogP contribution >= 0.6 is 11.6 Å². The van der Waals surface area contributed by atoms with Gasteiger partial charge in [-0.15, -0.1) is 5.54 Å². The van der Waals surface area contributed by atoms with Crippen LogP contribution < -0.4 is 4.74 Å². The number of rotatable bonds is 9. The second-order valence-corrected chi connectivity index (χ2v) is 25.3. The normalized spacial score (nSPS) is 21.6. The molecule has 47 heavy (non-hydrogen) atoms. The maximum atomic E-state index is 6.88. The summed E-state index contributed by atoms with van der Waals surface area (Å²) in [7, 11) is -2.73. The minimum absolute atomic E-state index is 0.144. The fourth-order valence-corrected chi connectivity index (χ4v) is 6.97. The molecule has 0 spiro atoms. The van der Waals surface area contributed by atoms with Crippen molar-refractivity contribution < 1.29 is 23.7 Å². The molecule has 248 valence electrons. The zero-order valence-corrected chi connectivity index (χ0v) is 30.8. The molecule has 4 heterocycles. The van der Waals surface area contributed by atoms with Crippen molar-refractivity contribution in [3.8, 4) is 28.7 Å². The fourth-order valence-electron chi connectivity index (χ4n) is 5.44. The second-order valence-electron chi connectivity index (χ2n) is 14.5. The maximum Gasteiger partial charge on any atom is 0.301 e. The van der Waals surface area contributed by atoms with Crippen molar-refractivity contribution in [1.82, 2.24) is 14.5 Å². The number of hydrogen-bond acceptors (Lipinski definition) is 7. The molecule has 0 aliphatic carbocycles. The Morgan fingerprint density at radius 2 is 1.70 bits per heavy atom. The molecule has 11 heteroatoms. The number of halogens is 1. The Balaban J connectivity index is 1.24. The lowest BCUT2D eigenvalue weighted by molar-refractivity contribution is -0.286. The first-order valence-electron chi connectivity index (χ1n) is 16.3. The van der Waals surface area contributed by atoms with Gasteiger partial charge < -0.3 is 23.7 Å². The van der Waals surface area contributed by atoms with Crippen molar-refractivity contribution >= 4 is 38.9 Å². The van der Waals surface area contributed by atoms with E-state index in [1.165, 1.54) is 0 Å². The minimum atomic E-state index is -1.47. The Morgan fingerprint density at radius 1 is 0.936 bits per heavy atom. The predicted molar refractivity (Wildman–Crippen MR) is 191 cm³/mol. The molecular formula is C36H44ClN3O5Si2. The molecule has 0 radical (unpaired) electrons. The van der Waals surface area contributed by atoms with E-state index in [9.17, 15) is 0 Å². The molecule has 8 nitrogen and oxygen atoms in total. The van der Waals surface area contributed by atoms with Gasteiger partial charge in [0.25, 0.3) is 0 Å². The SMILES string of the molecule is C[Si](C)(C)C#Cc1ccc(-c2nc3nc(O[C@H]4CO[C@@H]5COC(c6ccccc6)O[C@H]5C4)n(COCC[Si](C)(C)C)c3cc2Cl)cc1. The summed E-state index contributed by atoms with van der Waals surface area (Å²) in [5.41, 5.74) is 8.22. The third-order valence-electron chi connectivity index (χ3n) is 8.08. The standard InChI is InChI=1S/C36H44ClN3O5Si2/c1-46(2,3)18-16-25-12-14-26(15-13-25)33-29(37)21-30-34(38-33)39-36(40(30)24-41-17-19-47(4,5)6)44-28-20-31-32(42-22-28)23-43-35(45-31)27-10-8-7-9-11-27/h7-15,21,28,31-32,35H,17,19-20,22-24H2,1-6H3/t28-,31+,32-,35?/m1/s1. The highest BCUT2D eigenvalue weighted by atomic mass is 35.5. The van der Waals surface area contributed by atoms with Crippen molar-refractivity contribution in [2.24, 2.45) is 0 Å².